The summed E-state index contributed by atoms with van der Waals surface area (Å²) in [7, 11) is 0. The number of aryl methyl sites for hydroxylation is 1. The zero-order valence-electron chi connectivity index (χ0n) is 18.1. The quantitative estimate of drug-likeness (QED) is 0.344. The molecule has 162 valence electrons. The van der Waals surface area contributed by atoms with Crippen LogP contribution in [0.15, 0.2) is 29.3 Å². The lowest BCUT2D eigenvalue weighted by Gasteiger charge is -2.21. The number of likely N-dealkylation sites (tertiary alicyclic amines) is 1. The summed E-state index contributed by atoms with van der Waals surface area (Å²) in [5.74, 6) is 1.88. The minimum Gasteiger partial charge on any atom is -0.357 e. The van der Waals surface area contributed by atoms with Crippen LogP contribution in [-0.2, 0) is 4.79 Å². The average Bonchev–Trinajstić information content (AvgIpc) is 3.38. The second kappa shape index (κ2) is 11.8. The first kappa shape index (κ1) is 24.0. The summed E-state index contributed by atoms with van der Waals surface area (Å²) in [6, 6.07) is 9.00. The van der Waals surface area contributed by atoms with E-state index in [1.807, 2.05) is 0 Å². The summed E-state index contributed by atoms with van der Waals surface area (Å²) in [6.07, 6.45) is 5.57. The summed E-state index contributed by atoms with van der Waals surface area (Å²) in [4.78, 5) is 19.5. The largest absolute Gasteiger partial charge is 0.357 e. The fourth-order valence-corrected chi connectivity index (χ4v) is 4.25. The first-order valence-electron chi connectivity index (χ1n) is 11.0. The predicted molar refractivity (Wildman–Crippen MR) is 131 cm³/mol. The SMILES string of the molecule is CCNC(=NCC(C)c1ccc(C)cc1)NC1CCN(C(=O)C2CCCC2)C1.I. The van der Waals surface area contributed by atoms with Crippen molar-refractivity contribution in [2.24, 2.45) is 10.9 Å². The molecule has 0 aromatic heterocycles. The number of guanidine groups is 1. The first-order valence-corrected chi connectivity index (χ1v) is 11.0. The third-order valence-electron chi connectivity index (χ3n) is 6.06. The number of aliphatic imine (C=N–C) groups is 1. The van der Waals surface area contributed by atoms with E-state index >= 15 is 0 Å². The average molecular weight is 512 g/mol. The van der Waals surface area contributed by atoms with Gasteiger partial charge in [-0.15, -0.1) is 24.0 Å². The van der Waals surface area contributed by atoms with Crippen molar-refractivity contribution in [3.05, 3.63) is 35.4 Å². The normalized spacial score (nSPS) is 21.0. The van der Waals surface area contributed by atoms with Gasteiger partial charge in [0.15, 0.2) is 5.96 Å². The van der Waals surface area contributed by atoms with E-state index in [0.717, 1.165) is 51.4 Å². The van der Waals surface area contributed by atoms with Crippen LogP contribution in [0.2, 0.25) is 0 Å². The molecule has 2 atom stereocenters. The highest BCUT2D eigenvalue weighted by molar-refractivity contribution is 14.0. The van der Waals surface area contributed by atoms with Gasteiger partial charge in [0.25, 0.3) is 0 Å². The van der Waals surface area contributed by atoms with Gasteiger partial charge < -0.3 is 15.5 Å². The van der Waals surface area contributed by atoms with Crippen molar-refractivity contribution >= 4 is 35.8 Å². The molecule has 3 rings (SSSR count). The lowest BCUT2D eigenvalue weighted by atomic mass is 10.0. The molecule has 6 heteroatoms. The second-order valence-electron chi connectivity index (χ2n) is 8.43. The predicted octanol–water partition coefficient (Wildman–Crippen LogP) is 4.06. The van der Waals surface area contributed by atoms with Gasteiger partial charge in [0.2, 0.25) is 5.91 Å². The molecule has 2 fully saturated rings. The van der Waals surface area contributed by atoms with Crippen LogP contribution in [0.5, 0.6) is 0 Å². The number of benzene rings is 1. The molecule has 1 saturated heterocycles. The highest BCUT2D eigenvalue weighted by atomic mass is 127. The van der Waals surface area contributed by atoms with Crippen molar-refractivity contribution in [3.63, 3.8) is 0 Å². The number of nitrogens with one attached hydrogen (secondary N) is 2. The van der Waals surface area contributed by atoms with E-state index in [-0.39, 0.29) is 35.9 Å². The van der Waals surface area contributed by atoms with Gasteiger partial charge in [-0.05, 0) is 38.7 Å². The summed E-state index contributed by atoms with van der Waals surface area (Å²) < 4.78 is 0. The van der Waals surface area contributed by atoms with Gasteiger partial charge in [-0.2, -0.15) is 0 Å². The fraction of sp³-hybridized carbons (Fsp3) is 0.652. The Morgan fingerprint density at radius 2 is 1.90 bits per heavy atom. The number of nitrogens with zero attached hydrogens (tertiary/aromatic N) is 2. The van der Waals surface area contributed by atoms with E-state index < -0.39 is 0 Å². The highest BCUT2D eigenvalue weighted by Gasteiger charge is 2.32. The van der Waals surface area contributed by atoms with Crippen LogP contribution in [0, 0.1) is 12.8 Å². The summed E-state index contributed by atoms with van der Waals surface area (Å²) in [5.41, 5.74) is 2.60. The summed E-state index contributed by atoms with van der Waals surface area (Å²) >= 11 is 0. The topological polar surface area (TPSA) is 56.7 Å². The van der Waals surface area contributed by atoms with Crippen molar-refractivity contribution in [2.75, 3.05) is 26.2 Å². The Labute approximate surface area is 193 Å². The van der Waals surface area contributed by atoms with Crippen LogP contribution in [0.25, 0.3) is 0 Å². The lowest BCUT2D eigenvalue weighted by Crippen LogP contribution is -2.45. The molecule has 1 heterocycles. The maximum absolute atomic E-state index is 12.7. The van der Waals surface area contributed by atoms with Gasteiger partial charge in [-0.1, -0.05) is 49.6 Å². The van der Waals surface area contributed by atoms with Gasteiger partial charge in [0.1, 0.15) is 0 Å². The molecule has 1 aliphatic carbocycles. The van der Waals surface area contributed by atoms with Crippen LogP contribution in [0.3, 0.4) is 0 Å². The number of halogens is 1. The number of hydrogen-bond acceptors (Lipinski definition) is 2. The summed E-state index contributed by atoms with van der Waals surface area (Å²) in [6.45, 7) is 9.67. The van der Waals surface area contributed by atoms with Gasteiger partial charge in [-0.25, -0.2) is 0 Å². The van der Waals surface area contributed by atoms with Crippen molar-refractivity contribution in [3.8, 4) is 0 Å². The molecular formula is C23H37IN4O. The van der Waals surface area contributed by atoms with Crippen LogP contribution in [0.1, 0.15) is 63.0 Å². The van der Waals surface area contributed by atoms with Crippen molar-refractivity contribution in [1.29, 1.82) is 0 Å². The Hall–Kier alpha value is -1.31. The molecule has 1 aromatic carbocycles. The highest BCUT2D eigenvalue weighted by Crippen LogP contribution is 2.27. The minimum absolute atomic E-state index is 0. The van der Waals surface area contributed by atoms with E-state index in [1.54, 1.807) is 0 Å². The molecule has 1 saturated carbocycles. The number of rotatable bonds is 6. The summed E-state index contributed by atoms with van der Waals surface area (Å²) in [5, 5.41) is 6.91. The number of hydrogen-bond donors (Lipinski definition) is 2. The van der Waals surface area contributed by atoms with Crippen LogP contribution < -0.4 is 10.6 Å². The monoisotopic (exact) mass is 512 g/mol. The van der Waals surface area contributed by atoms with Crippen LogP contribution in [0.4, 0.5) is 0 Å². The molecule has 0 spiro atoms. The molecule has 5 nitrogen and oxygen atoms in total. The molecule has 0 radical (unpaired) electrons. The number of carbonyl (C=O) groups is 1. The standard InChI is InChI=1S/C23H36N4O.HI/c1-4-24-23(25-15-18(3)19-11-9-17(2)10-12-19)26-21-13-14-27(16-21)22(28)20-7-5-6-8-20;/h9-12,18,20-21H,4-8,13-16H2,1-3H3,(H2,24,25,26);1H. The molecule has 2 N–H and O–H groups in total. The van der Waals surface area contributed by atoms with Gasteiger partial charge in [-0.3, -0.25) is 9.79 Å². The first-order chi connectivity index (χ1) is 13.6. The van der Waals surface area contributed by atoms with Crippen molar-refractivity contribution < 1.29 is 4.79 Å². The Morgan fingerprint density at radius 3 is 2.55 bits per heavy atom. The zero-order chi connectivity index (χ0) is 19.9. The lowest BCUT2D eigenvalue weighted by molar-refractivity contribution is -0.134. The molecule has 1 aromatic rings. The molecule has 1 amide bonds. The maximum Gasteiger partial charge on any atom is 0.225 e. The van der Waals surface area contributed by atoms with Crippen LogP contribution in [-0.4, -0.2) is 49.0 Å². The number of carbonyl (C=O) groups excluding carboxylic acids is 1. The molecule has 2 unspecified atom stereocenters. The minimum atomic E-state index is 0. The van der Waals surface area contributed by atoms with Crippen molar-refractivity contribution in [1.82, 2.24) is 15.5 Å². The fourth-order valence-electron chi connectivity index (χ4n) is 4.25. The zero-order valence-corrected chi connectivity index (χ0v) is 20.4. The third-order valence-corrected chi connectivity index (χ3v) is 6.06. The Kier molecular flexibility index (Phi) is 9.72. The molecular weight excluding hydrogens is 475 g/mol. The van der Waals surface area contributed by atoms with Gasteiger partial charge in [0, 0.05) is 44.1 Å². The molecule has 0 bridgehead atoms. The Balaban J connectivity index is 0.00000300. The molecule has 29 heavy (non-hydrogen) atoms. The molecule has 1 aliphatic heterocycles. The molecule has 2 aliphatic rings. The third kappa shape index (κ3) is 6.86. The van der Waals surface area contributed by atoms with Crippen molar-refractivity contribution in [2.45, 2.75) is 64.8 Å². The maximum atomic E-state index is 12.7. The van der Waals surface area contributed by atoms with Gasteiger partial charge >= 0.3 is 0 Å². The van der Waals surface area contributed by atoms with E-state index in [9.17, 15) is 4.79 Å². The van der Waals surface area contributed by atoms with E-state index in [1.165, 1.54) is 24.0 Å². The van der Waals surface area contributed by atoms with E-state index in [2.05, 4.69) is 60.6 Å². The second-order valence-corrected chi connectivity index (χ2v) is 8.43. The van der Waals surface area contributed by atoms with Crippen LogP contribution >= 0.6 is 24.0 Å². The smallest absolute Gasteiger partial charge is 0.225 e. The number of amides is 1. The Morgan fingerprint density at radius 1 is 1.21 bits per heavy atom. The van der Waals surface area contributed by atoms with Gasteiger partial charge in [0.05, 0.1) is 0 Å². The Bertz CT molecular complexity index is 670. The van der Waals surface area contributed by atoms with E-state index in [0.29, 0.717) is 11.8 Å². The van der Waals surface area contributed by atoms with E-state index in [4.69, 9.17) is 4.99 Å².